The average molecular weight is 290 g/mol. The van der Waals surface area contributed by atoms with Crippen molar-refractivity contribution >= 4 is 11.5 Å². The van der Waals surface area contributed by atoms with Crippen molar-refractivity contribution in [2.75, 3.05) is 23.7 Å². The predicted octanol–water partition coefficient (Wildman–Crippen LogP) is 3.01. The van der Waals surface area contributed by atoms with E-state index in [1.807, 2.05) is 0 Å². The van der Waals surface area contributed by atoms with Crippen molar-refractivity contribution in [2.45, 2.75) is 58.0 Å². The minimum Gasteiger partial charge on any atom is -0.473 e. The summed E-state index contributed by atoms with van der Waals surface area (Å²) in [6.07, 6.45) is 10.3. The number of nitrogens with zero attached hydrogens (tertiary/aromatic N) is 3. The van der Waals surface area contributed by atoms with Gasteiger partial charge in [0, 0.05) is 13.1 Å². The van der Waals surface area contributed by atoms with E-state index in [1.165, 1.54) is 32.1 Å². The number of hydrogen-bond acceptors (Lipinski definition) is 5. The van der Waals surface area contributed by atoms with Crippen molar-refractivity contribution < 1.29 is 4.74 Å². The fraction of sp³-hybridized carbons (Fsp3) is 0.750. The highest BCUT2D eigenvalue weighted by Crippen LogP contribution is 2.32. The lowest BCUT2D eigenvalue weighted by atomic mass is 9.98. The maximum absolute atomic E-state index is 6.27. The normalized spacial score (nSPS) is 21.5. The van der Waals surface area contributed by atoms with E-state index in [0.29, 0.717) is 11.6 Å². The topological polar surface area (TPSA) is 64.3 Å². The summed E-state index contributed by atoms with van der Waals surface area (Å²) >= 11 is 0. The maximum Gasteiger partial charge on any atom is 0.242 e. The lowest BCUT2D eigenvalue weighted by Gasteiger charge is -2.32. The summed E-state index contributed by atoms with van der Waals surface area (Å²) in [6, 6.07) is 0. The van der Waals surface area contributed by atoms with Gasteiger partial charge >= 0.3 is 0 Å². The molecule has 2 heterocycles. The van der Waals surface area contributed by atoms with Gasteiger partial charge in [0.1, 0.15) is 18.1 Å². The second kappa shape index (κ2) is 6.50. The van der Waals surface area contributed by atoms with E-state index < -0.39 is 0 Å². The Hall–Kier alpha value is -1.52. The fourth-order valence-electron chi connectivity index (χ4n) is 3.28. The maximum atomic E-state index is 6.27. The minimum absolute atomic E-state index is 0.269. The predicted molar refractivity (Wildman–Crippen MR) is 84.6 cm³/mol. The molecular formula is C16H26N4O. The Morgan fingerprint density at radius 1 is 1.10 bits per heavy atom. The van der Waals surface area contributed by atoms with Crippen LogP contribution in [-0.2, 0) is 0 Å². The Morgan fingerprint density at radius 2 is 1.81 bits per heavy atom. The molecule has 1 aromatic rings. The molecule has 2 N–H and O–H groups in total. The highest BCUT2D eigenvalue weighted by atomic mass is 16.5. The quantitative estimate of drug-likeness (QED) is 0.927. The highest BCUT2D eigenvalue weighted by molar-refractivity contribution is 5.67. The van der Waals surface area contributed by atoms with Gasteiger partial charge in [-0.2, -0.15) is 4.98 Å². The number of nitrogens with two attached hydrogens (primary N) is 1. The van der Waals surface area contributed by atoms with Gasteiger partial charge in [-0.05, 0) is 44.4 Å². The van der Waals surface area contributed by atoms with Gasteiger partial charge in [0.05, 0.1) is 0 Å². The van der Waals surface area contributed by atoms with E-state index in [-0.39, 0.29) is 6.10 Å². The first-order valence-corrected chi connectivity index (χ1v) is 8.26. The highest BCUT2D eigenvalue weighted by Gasteiger charge is 2.23. The van der Waals surface area contributed by atoms with Crippen LogP contribution in [0.5, 0.6) is 5.88 Å². The first kappa shape index (κ1) is 14.4. The molecule has 1 aromatic heterocycles. The standard InChI is InChI=1S/C16H26N4O/c1-12-7-9-20(10-8-12)15-14(17)16(19-11-18-15)21-13-5-3-2-4-6-13/h11-13H,2-10,17H2,1H3. The SMILES string of the molecule is CC1CCN(c2ncnc(OC3CCCCC3)c2N)CC1. The molecule has 1 aliphatic carbocycles. The van der Waals surface area contributed by atoms with Crippen LogP contribution in [0.15, 0.2) is 6.33 Å². The lowest BCUT2D eigenvalue weighted by Crippen LogP contribution is -2.34. The van der Waals surface area contributed by atoms with Crippen molar-refractivity contribution in [1.29, 1.82) is 0 Å². The Bertz CT molecular complexity index is 465. The minimum atomic E-state index is 0.269. The smallest absolute Gasteiger partial charge is 0.242 e. The van der Waals surface area contributed by atoms with Crippen LogP contribution in [0.1, 0.15) is 51.9 Å². The van der Waals surface area contributed by atoms with Crippen LogP contribution in [0.3, 0.4) is 0 Å². The van der Waals surface area contributed by atoms with Crippen LogP contribution in [0.25, 0.3) is 0 Å². The summed E-state index contributed by atoms with van der Waals surface area (Å²) in [7, 11) is 0. The van der Waals surface area contributed by atoms with Gasteiger partial charge in [-0.1, -0.05) is 13.3 Å². The van der Waals surface area contributed by atoms with Crippen LogP contribution in [0, 0.1) is 5.92 Å². The van der Waals surface area contributed by atoms with Crippen molar-refractivity contribution in [1.82, 2.24) is 9.97 Å². The summed E-state index contributed by atoms with van der Waals surface area (Å²) in [5, 5.41) is 0. The number of aromatic nitrogens is 2. The van der Waals surface area contributed by atoms with E-state index in [0.717, 1.165) is 37.7 Å². The Kier molecular flexibility index (Phi) is 4.46. The molecule has 0 amide bonds. The van der Waals surface area contributed by atoms with Crippen LogP contribution >= 0.6 is 0 Å². The molecule has 116 valence electrons. The number of hydrogen-bond donors (Lipinski definition) is 1. The van der Waals surface area contributed by atoms with Crippen molar-refractivity contribution in [3.05, 3.63) is 6.33 Å². The van der Waals surface area contributed by atoms with Crippen LogP contribution in [-0.4, -0.2) is 29.2 Å². The molecule has 2 fully saturated rings. The van der Waals surface area contributed by atoms with Gasteiger partial charge in [-0.3, -0.25) is 0 Å². The molecule has 1 saturated heterocycles. The van der Waals surface area contributed by atoms with Gasteiger partial charge in [0.2, 0.25) is 5.88 Å². The molecule has 3 rings (SSSR count). The zero-order valence-corrected chi connectivity index (χ0v) is 12.9. The molecule has 0 aromatic carbocycles. The second-order valence-corrected chi connectivity index (χ2v) is 6.46. The van der Waals surface area contributed by atoms with Gasteiger partial charge < -0.3 is 15.4 Å². The zero-order valence-electron chi connectivity index (χ0n) is 12.9. The lowest BCUT2D eigenvalue weighted by molar-refractivity contribution is 0.149. The molecule has 2 aliphatic rings. The Balaban J connectivity index is 1.72. The largest absolute Gasteiger partial charge is 0.473 e. The number of anilines is 2. The number of rotatable bonds is 3. The van der Waals surface area contributed by atoms with E-state index >= 15 is 0 Å². The number of ether oxygens (including phenoxy) is 1. The molecule has 21 heavy (non-hydrogen) atoms. The van der Waals surface area contributed by atoms with Crippen molar-refractivity contribution in [3.8, 4) is 5.88 Å². The van der Waals surface area contributed by atoms with Crippen molar-refractivity contribution in [2.24, 2.45) is 5.92 Å². The van der Waals surface area contributed by atoms with Crippen molar-refractivity contribution in [3.63, 3.8) is 0 Å². The molecule has 1 aliphatic heterocycles. The average Bonchev–Trinajstić information content (AvgIpc) is 2.52. The van der Waals surface area contributed by atoms with E-state index in [9.17, 15) is 0 Å². The molecule has 5 heteroatoms. The Morgan fingerprint density at radius 3 is 2.52 bits per heavy atom. The summed E-state index contributed by atoms with van der Waals surface area (Å²) < 4.78 is 6.04. The van der Waals surface area contributed by atoms with Gasteiger partial charge in [0.15, 0.2) is 5.82 Å². The molecule has 0 radical (unpaired) electrons. The Labute approximate surface area is 126 Å². The van der Waals surface area contributed by atoms with E-state index in [1.54, 1.807) is 6.33 Å². The summed E-state index contributed by atoms with van der Waals surface area (Å²) in [5.74, 6) is 2.22. The number of nitrogen functional groups attached to an aromatic ring is 1. The molecule has 0 atom stereocenters. The first-order valence-electron chi connectivity index (χ1n) is 8.26. The molecular weight excluding hydrogens is 264 g/mol. The molecule has 0 spiro atoms. The van der Waals surface area contributed by atoms with Crippen LogP contribution in [0.2, 0.25) is 0 Å². The molecule has 1 saturated carbocycles. The number of piperidine rings is 1. The monoisotopic (exact) mass is 290 g/mol. The first-order chi connectivity index (χ1) is 10.2. The molecule has 0 unspecified atom stereocenters. The second-order valence-electron chi connectivity index (χ2n) is 6.46. The third kappa shape index (κ3) is 3.39. The van der Waals surface area contributed by atoms with Gasteiger partial charge in [-0.25, -0.2) is 4.98 Å². The van der Waals surface area contributed by atoms with E-state index in [4.69, 9.17) is 10.5 Å². The third-order valence-corrected chi connectivity index (χ3v) is 4.74. The zero-order chi connectivity index (χ0) is 14.7. The summed E-state index contributed by atoms with van der Waals surface area (Å²) in [5.41, 5.74) is 6.88. The van der Waals surface area contributed by atoms with Gasteiger partial charge in [-0.15, -0.1) is 0 Å². The van der Waals surface area contributed by atoms with Gasteiger partial charge in [0.25, 0.3) is 0 Å². The van der Waals surface area contributed by atoms with E-state index in [2.05, 4.69) is 21.8 Å². The van der Waals surface area contributed by atoms with Crippen LogP contribution in [0.4, 0.5) is 11.5 Å². The van der Waals surface area contributed by atoms with Crippen LogP contribution < -0.4 is 15.4 Å². The third-order valence-electron chi connectivity index (χ3n) is 4.74. The fourth-order valence-corrected chi connectivity index (χ4v) is 3.28. The summed E-state index contributed by atoms with van der Waals surface area (Å²) in [6.45, 7) is 4.34. The molecule has 5 nitrogen and oxygen atoms in total. The molecule has 0 bridgehead atoms. The summed E-state index contributed by atoms with van der Waals surface area (Å²) in [4.78, 5) is 10.9.